The maximum Gasteiger partial charge on any atom is 0.337 e. The third kappa shape index (κ3) is 3.54. The molecule has 1 heterocycles. The van der Waals surface area contributed by atoms with E-state index in [1.807, 2.05) is 18.2 Å². The van der Waals surface area contributed by atoms with E-state index in [1.165, 1.54) is 30.5 Å². The van der Waals surface area contributed by atoms with Crippen molar-refractivity contribution in [2.45, 2.75) is 51.4 Å². The smallest absolute Gasteiger partial charge is 0.337 e. The van der Waals surface area contributed by atoms with Gasteiger partial charge in [0, 0.05) is 15.7 Å². The fourth-order valence-corrected chi connectivity index (χ4v) is 4.48. The molecule has 25 heavy (non-hydrogen) atoms. The molecule has 4 heteroatoms. The molecule has 3 rings (SSSR count). The number of hydrogen-bond donors (Lipinski definition) is 0. The van der Waals surface area contributed by atoms with Crippen LogP contribution in [0.3, 0.4) is 0 Å². The number of fused-ring (bicyclic) bond motifs is 1. The van der Waals surface area contributed by atoms with Crippen molar-refractivity contribution >= 4 is 29.5 Å². The molecule has 0 spiro atoms. The van der Waals surface area contributed by atoms with E-state index in [0.717, 1.165) is 10.6 Å². The summed E-state index contributed by atoms with van der Waals surface area (Å²) in [7, 11) is 1.39. The number of esters is 1. The normalized spacial score (nSPS) is 18.1. The number of carbonyl (C=O) groups is 1. The number of carbonyl (C=O) groups excluding carboxylic acids is 1. The largest absolute Gasteiger partial charge is 0.465 e. The molecule has 1 aliphatic rings. The summed E-state index contributed by atoms with van der Waals surface area (Å²) in [5.41, 5.74) is 3.22. The van der Waals surface area contributed by atoms with Gasteiger partial charge >= 0.3 is 5.97 Å². The second-order valence-electron chi connectivity index (χ2n) is 7.94. The second-order valence-corrected chi connectivity index (χ2v) is 8.98. The monoisotopic (exact) mass is 355 g/mol. The Morgan fingerprint density at radius 3 is 2.32 bits per heavy atom. The van der Waals surface area contributed by atoms with Gasteiger partial charge in [-0.1, -0.05) is 45.9 Å². The zero-order valence-corrected chi connectivity index (χ0v) is 16.4. The SMILES string of the molecule is COC(=O)c1ccc(/C=C/c2nc3c(s2)C(C)(C)CCC3(C)C)cc1. The minimum Gasteiger partial charge on any atom is -0.465 e. The first kappa shape index (κ1) is 17.9. The Bertz CT molecular complexity index is 779. The summed E-state index contributed by atoms with van der Waals surface area (Å²) in [4.78, 5) is 17.8. The first-order valence-electron chi connectivity index (χ1n) is 8.61. The van der Waals surface area contributed by atoms with E-state index >= 15 is 0 Å². The first-order valence-corrected chi connectivity index (χ1v) is 9.43. The van der Waals surface area contributed by atoms with Crippen LogP contribution in [0, 0.1) is 0 Å². The van der Waals surface area contributed by atoms with Crippen molar-refractivity contribution < 1.29 is 9.53 Å². The van der Waals surface area contributed by atoms with Gasteiger partial charge < -0.3 is 4.74 Å². The Labute approximate surface area is 153 Å². The highest BCUT2D eigenvalue weighted by Gasteiger charge is 2.40. The van der Waals surface area contributed by atoms with Crippen molar-refractivity contribution in [3.05, 3.63) is 51.0 Å². The molecule has 2 aromatic rings. The van der Waals surface area contributed by atoms with Crippen LogP contribution in [-0.2, 0) is 15.6 Å². The lowest BCUT2D eigenvalue weighted by Crippen LogP contribution is -2.32. The van der Waals surface area contributed by atoms with Crippen molar-refractivity contribution in [1.29, 1.82) is 0 Å². The summed E-state index contributed by atoms with van der Waals surface area (Å²) in [6.45, 7) is 9.22. The average Bonchev–Trinajstić information content (AvgIpc) is 3.04. The molecule has 0 saturated carbocycles. The van der Waals surface area contributed by atoms with Gasteiger partial charge in [0.2, 0.25) is 0 Å². The van der Waals surface area contributed by atoms with Gasteiger partial charge in [0.1, 0.15) is 5.01 Å². The molecule has 0 aliphatic heterocycles. The van der Waals surface area contributed by atoms with Gasteiger partial charge in [0.05, 0.1) is 18.4 Å². The third-order valence-electron chi connectivity index (χ3n) is 5.02. The summed E-state index contributed by atoms with van der Waals surface area (Å²) in [5, 5.41) is 1.05. The van der Waals surface area contributed by atoms with Crippen molar-refractivity contribution in [3.63, 3.8) is 0 Å². The predicted octanol–water partition coefficient (Wildman–Crippen LogP) is 5.45. The molecule has 0 unspecified atom stereocenters. The van der Waals surface area contributed by atoms with Crippen LogP contribution < -0.4 is 0 Å². The predicted molar refractivity (Wildman–Crippen MR) is 104 cm³/mol. The van der Waals surface area contributed by atoms with Crippen LogP contribution in [0.5, 0.6) is 0 Å². The quantitative estimate of drug-likeness (QED) is 0.687. The van der Waals surface area contributed by atoms with Crippen LogP contribution >= 0.6 is 11.3 Å². The molecular weight excluding hydrogens is 330 g/mol. The van der Waals surface area contributed by atoms with Crippen molar-refractivity contribution in [2.24, 2.45) is 0 Å². The highest BCUT2D eigenvalue weighted by Crippen LogP contribution is 2.48. The van der Waals surface area contributed by atoms with Gasteiger partial charge in [0.25, 0.3) is 0 Å². The molecule has 0 fully saturated rings. The number of hydrogen-bond acceptors (Lipinski definition) is 4. The molecule has 0 bridgehead atoms. The van der Waals surface area contributed by atoms with Crippen LogP contribution in [0.25, 0.3) is 12.2 Å². The van der Waals surface area contributed by atoms with Crippen LogP contribution in [0.2, 0.25) is 0 Å². The average molecular weight is 356 g/mol. The molecule has 0 radical (unpaired) electrons. The Morgan fingerprint density at radius 2 is 1.72 bits per heavy atom. The van der Waals surface area contributed by atoms with E-state index in [-0.39, 0.29) is 16.8 Å². The highest BCUT2D eigenvalue weighted by atomic mass is 32.1. The Balaban J connectivity index is 1.86. The van der Waals surface area contributed by atoms with E-state index in [1.54, 1.807) is 23.5 Å². The molecule has 0 amide bonds. The lowest BCUT2D eigenvalue weighted by atomic mass is 9.69. The maximum atomic E-state index is 11.5. The summed E-state index contributed by atoms with van der Waals surface area (Å²) in [6, 6.07) is 7.41. The standard InChI is InChI=1S/C21H25NO2S/c1-20(2)12-13-21(3,4)18-17(20)22-16(25-18)11-8-14-6-9-15(10-7-14)19(23)24-5/h6-11H,12-13H2,1-5H3/b11-8+. The van der Waals surface area contributed by atoms with Gasteiger partial charge in [-0.3, -0.25) is 0 Å². The summed E-state index contributed by atoms with van der Waals surface area (Å²) >= 11 is 1.80. The van der Waals surface area contributed by atoms with Crippen LogP contribution in [0.4, 0.5) is 0 Å². The van der Waals surface area contributed by atoms with E-state index in [0.29, 0.717) is 5.56 Å². The molecule has 132 valence electrons. The van der Waals surface area contributed by atoms with E-state index in [2.05, 4.69) is 33.8 Å². The number of methoxy groups -OCH3 is 1. The van der Waals surface area contributed by atoms with E-state index in [4.69, 9.17) is 9.72 Å². The fourth-order valence-electron chi connectivity index (χ4n) is 3.20. The fraction of sp³-hybridized carbons (Fsp3) is 0.429. The molecular formula is C21H25NO2S. The Kier molecular flexibility index (Phi) is 4.58. The van der Waals surface area contributed by atoms with Gasteiger partial charge in [-0.05, 0) is 36.6 Å². The number of rotatable bonds is 3. The lowest BCUT2D eigenvalue weighted by Gasteiger charge is -2.37. The molecule has 1 aromatic carbocycles. The maximum absolute atomic E-state index is 11.5. The number of benzene rings is 1. The summed E-state index contributed by atoms with van der Waals surface area (Å²) in [6.07, 6.45) is 6.50. The Hall–Kier alpha value is -1.94. The molecule has 0 N–H and O–H groups in total. The minimum atomic E-state index is -0.312. The van der Waals surface area contributed by atoms with Gasteiger partial charge in [0.15, 0.2) is 0 Å². The molecule has 1 aromatic heterocycles. The first-order chi connectivity index (χ1) is 11.7. The number of thiazole rings is 1. The highest BCUT2D eigenvalue weighted by molar-refractivity contribution is 7.12. The van der Waals surface area contributed by atoms with Gasteiger partial charge in [-0.2, -0.15) is 0 Å². The summed E-state index contributed by atoms with van der Waals surface area (Å²) < 4.78 is 4.73. The minimum absolute atomic E-state index is 0.148. The second kappa shape index (κ2) is 6.41. The molecule has 0 saturated heterocycles. The van der Waals surface area contributed by atoms with Gasteiger partial charge in [-0.15, -0.1) is 11.3 Å². The summed E-state index contributed by atoms with van der Waals surface area (Å²) in [5.74, 6) is -0.312. The van der Waals surface area contributed by atoms with Crippen LogP contribution in [0.1, 0.15) is 72.0 Å². The van der Waals surface area contributed by atoms with Crippen molar-refractivity contribution in [1.82, 2.24) is 4.98 Å². The Morgan fingerprint density at radius 1 is 1.08 bits per heavy atom. The third-order valence-corrected chi connectivity index (χ3v) is 6.41. The van der Waals surface area contributed by atoms with E-state index in [9.17, 15) is 4.79 Å². The van der Waals surface area contributed by atoms with Crippen molar-refractivity contribution in [3.8, 4) is 0 Å². The van der Waals surface area contributed by atoms with Crippen molar-refractivity contribution in [2.75, 3.05) is 7.11 Å². The lowest BCUT2D eigenvalue weighted by molar-refractivity contribution is 0.0600. The zero-order chi connectivity index (χ0) is 18.2. The van der Waals surface area contributed by atoms with Gasteiger partial charge in [-0.25, -0.2) is 9.78 Å². The topological polar surface area (TPSA) is 39.2 Å². The number of ether oxygens (including phenoxy) is 1. The van der Waals surface area contributed by atoms with Crippen LogP contribution in [0.15, 0.2) is 24.3 Å². The molecule has 0 atom stereocenters. The molecule has 1 aliphatic carbocycles. The zero-order valence-electron chi connectivity index (χ0n) is 15.6. The molecule has 3 nitrogen and oxygen atoms in total. The number of nitrogens with zero attached hydrogens (tertiary/aromatic N) is 1. The number of aromatic nitrogens is 1. The van der Waals surface area contributed by atoms with E-state index < -0.39 is 0 Å². The van der Waals surface area contributed by atoms with Crippen LogP contribution in [-0.4, -0.2) is 18.1 Å².